The van der Waals surface area contributed by atoms with Crippen molar-refractivity contribution >= 4 is 5.91 Å². The van der Waals surface area contributed by atoms with Crippen LogP contribution in [0.4, 0.5) is 0 Å². The average Bonchev–Trinajstić information content (AvgIpc) is 2.97. The van der Waals surface area contributed by atoms with Crippen LogP contribution < -0.4 is 5.32 Å². The van der Waals surface area contributed by atoms with E-state index in [4.69, 9.17) is 0 Å². The van der Waals surface area contributed by atoms with Crippen molar-refractivity contribution in [3.63, 3.8) is 0 Å². The smallest absolute Gasteiger partial charge is 0.224 e. The second-order valence-corrected chi connectivity index (χ2v) is 6.77. The minimum atomic E-state index is -0.0758. The number of aromatic hydroxyl groups is 1. The van der Waals surface area contributed by atoms with E-state index in [1.807, 2.05) is 39.5 Å². The number of aromatic nitrogens is 3. The molecular weight excluding hydrogens is 318 g/mol. The fourth-order valence-corrected chi connectivity index (χ4v) is 3.63. The Morgan fingerprint density at radius 2 is 2.00 bits per heavy atom. The molecular formula is C18H25N5O2. The van der Waals surface area contributed by atoms with Gasteiger partial charge in [-0.15, -0.1) is 0 Å². The van der Waals surface area contributed by atoms with E-state index < -0.39 is 0 Å². The molecule has 3 rings (SSSR count). The van der Waals surface area contributed by atoms with Gasteiger partial charge in [0.15, 0.2) is 0 Å². The first-order valence-corrected chi connectivity index (χ1v) is 8.44. The van der Waals surface area contributed by atoms with Gasteiger partial charge >= 0.3 is 0 Å². The van der Waals surface area contributed by atoms with Crippen LogP contribution in [0.2, 0.25) is 0 Å². The Morgan fingerprint density at radius 1 is 1.28 bits per heavy atom. The van der Waals surface area contributed by atoms with Gasteiger partial charge in [0.05, 0.1) is 17.4 Å². The Kier molecular flexibility index (Phi) is 4.51. The number of hydrogen-bond donors (Lipinski definition) is 2. The summed E-state index contributed by atoms with van der Waals surface area (Å²) >= 11 is 0. The molecule has 0 saturated carbocycles. The summed E-state index contributed by atoms with van der Waals surface area (Å²) in [6, 6.07) is 3.30. The Labute approximate surface area is 147 Å². The normalized spacial score (nSPS) is 20.5. The number of nitrogens with one attached hydrogen (secondary N) is 1. The zero-order valence-electron chi connectivity index (χ0n) is 15.4. The van der Waals surface area contributed by atoms with E-state index in [-0.39, 0.29) is 23.7 Å². The van der Waals surface area contributed by atoms with Crippen molar-refractivity contribution in [3.05, 3.63) is 40.5 Å². The SMILES string of the molecule is Cc1ccc(O)c(CN[C@@H]2CC(=O)N(C)[C@H]2c2c(C)nn(C)c2C)n1. The van der Waals surface area contributed by atoms with E-state index in [9.17, 15) is 9.90 Å². The summed E-state index contributed by atoms with van der Waals surface area (Å²) in [5.74, 6) is 0.271. The van der Waals surface area contributed by atoms with Crippen molar-refractivity contribution in [3.8, 4) is 5.75 Å². The fourth-order valence-electron chi connectivity index (χ4n) is 3.63. The monoisotopic (exact) mass is 343 g/mol. The highest BCUT2D eigenvalue weighted by atomic mass is 16.3. The second kappa shape index (κ2) is 6.48. The van der Waals surface area contributed by atoms with Crippen molar-refractivity contribution in [1.29, 1.82) is 0 Å². The molecule has 0 bridgehead atoms. The van der Waals surface area contributed by atoms with Crippen LogP contribution in [0.15, 0.2) is 12.1 Å². The fraction of sp³-hybridized carbons (Fsp3) is 0.500. The lowest BCUT2D eigenvalue weighted by atomic mass is 9.98. The number of amides is 1. The van der Waals surface area contributed by atoms with Crippen LogP contribution >= 0.6 is 0 Å². The Bertz CT molecular complexity index is 814. The molecule has 0 spiro atoms. The summed E-state index contributed by atoms with van der Waals surface area (Å²) in [6.45, 7) is 6.30. The number of likely N-dealkylation sites (tertiary alicyclic amines) is 1. The Morgan fingerprint density at radius 3 is 2.64 bits per heavy atom. The van der Waals surface area contributed by atoms with Gasteiger partial charge in [-0.25, -0.2) is 0 Å². The lowest BCUT2D eigenvalue weighted by Crippen LogP contribution is -2.35. The van der Waals surface area contributed by atoms with Crippen LogP contribution in [0, 0.1) is 20.8 Å². The average molecular weight is 343 g/mol. The van der Waals surface area contributed by atoms with E-state index in [1.54, 1.807) is 17.0 Å². The quantitative estimate of drug-likeness (QED) is 0.879. The summed E-state index contributed by atoms with van der Waals surface area (Å²) in [5, 5.41) is 17.9. The second-order valence-electron chi connectivity index (χ2n) is 6.77. The van der Waals surface area contributed by atoms with Crippen molar-refractivity contribution in [2.45, 2.75) is 45.8 Å². The van der Waals surface area contributed by atoms with Crippen LogP contribution in [-0.2, 0) is 18.4 Å². The van der Waals surface area contributed by atoms with Crippen LogP contribution in [-0.4, -0.2) is 43.8 Å². The molecule has 1 saturated heterocycles. The first-order chi connectivity index (χ1) is 11.8. The predicted molar refractivity (Wildman–Crippen MR) is 94.1 cm³/mol. The van der Waals surface area contributed by atoms with Crippen molar-refractivity contribution in [2.24, 2.45) is 7.05 Å². The molecule has 0 radical (unpaired) electrons. The standard InChI is InChI=1S/C18H25N5O2/c1-10-6-7-15(24)14(20-10)9-19-13-8-16(25)22(4)18(13)17-11(2)21-23(5)12(17)3/h6-7,13,18-19,24H,8-9H2,1-5H3/t13-,18-/m1/s1. The predicted octanol–water partition coefficient (Wildman–Crippen LogP) is 1.51. The molecule has 134 valence electrons. The highest BCUT2D eigenvalue weighted by Crippen LogP contribution is 2.35. The van der Waals surface area contributed by atoms with Gasteiger partial charge in [-0.3, -0.25) is 14.5 Å². The number of hydrogen-bond acceptors (Lipinski definition) is 5. The van der Waals surface area contributed by atoms with Gasteiger partial charge in [0.1, 0.15) is 5.75 Å². The van der Waals surface area contributed by atoms with E-state index in [0.29, 0.717) is 18.7 Å². The van der Waals surface area contributed by atoms with Gasteiger partial charge in [-0.05, 0) is 32.9 Å². The summed E-state index contributed by atoms with van der Waals surface area (Å²) in [4.78, 5) is 18.5. The van der Waals surface area contributed by atoms with Crippen molar-refractivity contribution < 1.29 is 9.90 Å². The number of nitrogens with zero attached hydrogens (tertiary/aromatic N) is 4. The maximum atomic E-state index is 12.3. The third-order valence-corrected chi connectivity index (χ3v) is 5.07. The van der Waals surface area contributed by atoms with Gasteiger partial charge in [0.2, 0.25) is 5.91 Å². The minimum absolute atomic E-state index is 0.0548. The van der Waals surface area contributed by atoms with E-state index in [2.05, 4.69) is 15.4 Å². The maximum Gasteiger partial charge on any atom is 0.224 e. The summed E-state index contributed by atoms with van der Waals surface area (Å²) in [5.41, 5.74) is 4.54. The van der Waals surface area contributed by atoms with Crippen LogP contribution in [0.3, 0.4) is 0 Å². The number of likely N-dealkylation sites (N-methyl/N-ethyl adjacent to an activating group) is 1. The maximum absolute atomic E-state index is 12.3. The number of rotatable bonds is 4. The number of carbonyl (C=O) groups excluding carboxylic acids is 1. The van der Waals surface area contributed by atoms with Gasteiger partial charge in [0, 0.05) is 50.1 Å². The van der Waals surface area contributed by atoms with Crippen LogP contribution in [0.1, 0.15) is 40.8 Å². The largest absolute Gasteiger partial charge is 0.506 e. The van der Waals surface area contributed by atoms with Crippen molar-refractivity contribution in [1.82, 2.24) is 25.0 Å². The van der Waals surface area contributed by atoms with E-state index >= 15 is 0 Å². The van der Waals surface area contributed by atoms with Crippen LogP contribution in [0.25, 0.3) is 0 Å². The molecule has 2 N–H and O–H groups in total. The number of aryl methyl sites for hydroxylation is 3. The van der Waals surface area contributed by atoms with E-state index in [1.165, 1.54) is 0 Å². The third-order valence-electron chi connectivity index (χ3n) is 5.07. The van der Waals surface area contributed by atoms with Crippen LogP contribution in [0.5, 0.6) is 5.75 Å². The zero-order chi connectivity index (χ0) is 18.3. The number of pyridine rings is 1. The van der Waals surface area contributed by atoms with Gasteiger partial charge < -0.3 is 15.3 Å². The molecule has 25 heavy (non-hydrogen) atoms. The van der Waals surface area contributed by atoms with Crippen molar-refractivity contribution in [2.75, 3.05) is 7.05 Å². The molecule has 2 aromatic rings. The minimum Gasteiger partial charge on any atom is -0.506 e. The lowest BCUT2D eigenvalue weighted by Gasteiger charge is -2.26. The van der Waals surface area contributed by atoms with E-state index in [0.717, 1.165) is 22.6 Å². The summed E-state index contributed by atoms with van der Waals surface area (Å²) < 4.78 is 1.85. The zero-order valence-corrected chi connectivity index (χ0v) is 15.4. The highest BCUT2D eigenvalue weighted by molar-refractivity contribution is 5.80. The van der Waals surface area contributed by atoms with Gasteiger partial charge in [-0.2, -0.15) is 5.10 Å². The molecule has 7 nitrogen and oxygen atoms in total. The Balaban J connectivity index is 1.86. The molecule has 2 atom stereocenters. The van der Waals surface area contributed by atoms with Gasteiger partial charge in [0.25, 0.3) is 0 Å². The van der Waals surface area contributed by atoms with Gasteiger partial charge in [-0.1, -0.05) is 0 Å². The first kappa shape index (κ1) is 17.4. The number of carbonyl (C=O) groups is 1. The lowest BCUT2D eigenvalue weighted by molar-refractivity contribution is -0.127. The molecule has 1 aliphatic rings. The molecule has 1 amide bonds. The topological polar surface area (TPSA) is 83.3 Å². The molecule has 2 aromatic heterocycles. The molecule has 0 unspecified atom stereocenters. The molecule has 3 heterocycles. The molecule has 7 heteroatoms. The highest BCUT2D eigenvalue weighted by Gasteiger charge is 2.40. The molecule has 1 aliphatic heterocycles. The first-order valence-electron chi connectivity index (χ1n) is 8.44. The molecule has 0 aromatic carbocycles. The Hall–Kier alpha value is -2.41. The molecule has 1 fully saturated rings. The summed E-state index contributed by atoms with van der Waals surface area (Å²) in [7, 11) is 3.75. The third kappa shape index (κ3) is 3.11. The summed E-state index contributed by atoms with van der Waals surface area (Å²) in [6.07, 6.45) is 0.418. The molecule has 0 aliphatic carbocycles.